The summed E-state index contributed by atoms with van der Waals surface area (Å²) in [4.78, 5) is 54.9. The minimum absolute atomic E-state index is 0.0195. The molecule has 0 aromatic heterocycles. The fourth-order valence-corrected chi connectivity index (χ4v) is 5.75. The van der Waals surface area contributed by atoms with Crippen LogP contribution in [0.2, 0.25) is 0 Å². The lowest BCUT2D eigenvalue weighted by Crippen LogP contribution is -2.51. The van der Waals surface area contributed by atoms with E-state index in [2.05, 4.69) is 5.32 Å². The van der Waals surface area contributed by atoms with Gasteiger partial charge in [-0.2, -0.15) is 0 Å². The van der Waals surface area contributed by atoms with E-state index in [0.29, 0.717) is 19.1 Å². The molecule has 2 aromatic carbocycles. The average molecular weight is 685 g/mol. The number of rotatable bonds is 17. The van der Waals surface area contributed by atoms with Gasteiger partial charge in [0.2, 0.25) is 0 Å². The van der Waals surface area contributed by atoms with Gasteiger partial charge in [-0.1, -0.05) is 68.4 Å². The number of carbonyl (C=O) groups is 4. The van der Waals surface area contributed by atoms with Crippen molar-refractivity contribution in [3.63, 3.8) is 0 Å². The molecule has 11 heteroatoms. The van der Waals surface area contributed by atoms with Crippen molar-refractivity contribution in [1.29, 1.82) is 0 Å². The monoisotopic (exact) mass is 684 g/mol. The first-order valence-corrected chi connectivity index (χ1v) is 17.1. The quantitative estimate of drug-likeness (QED) is 0.175. The van der Waals surface area contributed by atoms with Gasteiger partial charge in [0.05, 0.1) is 0 Å². The summed E-state index contributed by atoms with van der Waals surface area (Å²) in [5.74, 6) is -2.57. The molecule has 1 aliphatic rings. The summed E-state index contributed by atoms with van der Waals surface area (Å²) >= 11 is 0. The Morgan fingerprint density at radius 1 is 0.918 bits per heavy atom. The average Bonchev–Trinajstić information content (AvgIpc) is 3.08. The molecular weight excluding hydrogens is 631 g/mol. The molecule has 0 spiro atoms. The Hall–Kier alpha value is -3.83. The number of carbonyl (C=O) groups excluding carboxylic acids is 4. The molecule has 1 saturated heterocycles. The molecule has 0 bridgehead atoms. The van der Waals surface area contributed by atoms with Crippen molar-refractivity contribution in [2.75, 3.05) is 27.3 Å². The van der Waals surface area contributed by atoms with Crippen LogP contribution >= 0.6 is 0 Å². The van der Waals surface area contributed by atoms with Gasteiger partial charge < -0.3 is 29.2 Å². The van der Waals surface area contributed by atoms with Gasteiger partial charge in [0.15, 0.2) is 12.2 Å². The lowest BCUT2D eigenvalue weighted by atomic mass is 9.90. The summed E-state index contributed by atoms with van der Waals surface area (Å²) in [6, 6.07) is 14.9. The van der Waals surface area contributed by atoms with E-state index in [1.807, 2.05) is 68.4 Å². The first-order valence-electron chi connectivity index (χ1n) is 17.1. The van der Waals surface area contributed by atoms with Gasteiger partial charge in [0, 0.05) is 33.1 Å². The molecule has 10 nitrogen and oxygen atoms in total. The highest BCUT2D eigenvalue weighted by Gasteiger charge is 2.38. The predicted molar refractivity (Wildman–Crippen MR) is 183 cm³/mol. The summed E-state index contributed by atoms with van der Waals surface area (Å²) in [6.07, 6.45) is -0.601. The van der Waals surface area contributed by atoms with Crippen LogP contribution in [0.4, 0.5) is 4.39 Å². The smallest absolute Gasteiger partial charge is 0.347 e. The molecule has 1 N–H and O–H groups in total. The number of hydrogen-bond acceptors (Lipinski definition) is 9. The second-order valence-corrected chi connectivity index (χ2v) is 13.8. The predicted octanol–water partition coefficient (Wildman–Crippen LogP) is 5.31. The molecule has 0 saturated carbocycles. The van der Waals surface area contributed by atoms with Crippen LogP contribution in [0.25, 0.3) is 0 Å². The van der Waals surface area contributed by atoms with Crippen molar-refractivity contribution in [2.24, 2.45) is 5.92 Å². The Bertz CT molecular complexity index is 1360. The molecule has 270 valence electrons. The number of ether oxygens (including phenoxy) is 4. The molecule has 2 aromatic rings. The number of nitrogens with one attached hydrogen (secondary N) is 1. The summed E-state index contributed by atoms with van der Waals surface area (Å²) in [5, 5.41) is 2.79. The second-order valence-electron chi connectivity index (χ2n) is 13.8. The van der Waals surface area contributed by atoms with Crippen molar-refractivity contribution >= 4 is 23.8 Å². The summed E-state index contributed by atoms with van der Waals surface area (Å²) in [5.41, 5.74) is 1.03. The van der Waals surface area contributed by atoms with E-state index in [9.17, 15) is 23.6 Å². The molecule has 0 radical (unpaired) electrons. The molecule has 1 amide bonds. The van der Waals surface area contributed by atoms with Gasteiger partial charge in [-0.05, 0) is 75.6 Å². The maximum absolute atomic E-state index is 14.5. The number of likely N-dealkylation sites (N-methyl/N-ethyl adjacent to an activating group) is 2. The number of halogens is 1. The third-order valence-electron chi connectivity index (χ3n) is 8.58. The summed E-state index contributed by atoms with van der Waals surface area (Å²) in [7, 11) is 2.97. The van der Waals surface area contributed by atoms with Crippen molar-refractivity contribution in [3.8, 4) is 0 Å². The van der Waals surface area contributed by atoms with E-state index < -0.39 is 53.8 Å². The number of amides is 1. The topological polar surface area (TPSA) is 120 Å². The van der Waals surface area contributed by atoms with Gasteiger partial charge >= 0.3 is 17.9 Å². The number of alkyl halides is 1. The van der Waals surface area contributed by atoms with Crippen LogP contribution in [0.15, 0.2) is 54.6 Å². The number of benzene rings is 2. The molecule has 3 rings (SSSR count). The van der Waals surface area contributed by atoms with E-state index in [4.69, 9.17) is 18.9 Å². The van der Waals surface area contributed by atoms with Crippen LogP contribution in [0.5, 0.6) is 0 Å². The number of esters is 3. The number of hydrogen-bond donors (Lipinski definition) is 1. The van der Waals surface area contributed by atoms with Crippen molar-refractivity contribution in [1.82, 2.24) is 10.2 Å². The number of nitrogens with zero attached hydrogens (tertiary/aromatic N) is 1. The van der Waals surface area contributed by atoms with Crippen LogP contribution in [0.1, 0.15) is 82.9 Å². The fourth-order valence-electron chi connectivity index (χ4n) is 5.75. The highest BCUT2D eigenvalue weighted by Crippen LogP contribution is 2.27. The normalized spacial score (nSPS) is 16.3. The summed E-state index contributed by atoms with van der Waals surface area (Å²) < 4.78 is 36.7. The Balaban J connectivity index is 1.80. The zero-order valence-corrected chi connectivity index (χ0v) is 29.9. The minimum Gasteiger partial charge on any atom is -0.458 e. The van der Waals surface area contributed by atoms with E-state index in [1.165, 1.54) is 45.3 Å². The van der Waals surface area contributed by atoms with Crippen LogP contribution in [-0.4, -0.2) is 86.0 Å². The molecule has 1 fully saturated rings. The molecule has 1 aliphatic heterocycles. The zero-order chi connectivity index (χ0) is 36.1. The molecule has 49 heavy (non-hydrogen) atoms. The summed E-state index contributed by atoms with van der Waals surface area (Å²) in [6.45, 7) is 9.36. The Morgan fingerprint density at radius 2 is 1.55 bits per heavy atom. The Kier molecular flexibility index (Phi) is 15.2. The van der Waals surface area contributed by atoms with Crippen molar-refractivity contribution in [2.45, 2.75) is 109 Å². The SMILES string of the molecule is CN[C@@H](CC(C)(C)F)C(=O)O[C@H](Cc1ccc(C2CCOCC2)cc1)C(=O)N(C)[C@@H](CC(C)C)C(=O)O[C@H](C)C(=O)OCc1ccccc1. The van der Waals surface area contributed by atoms with E-state index >= 15 is 0 Å². The van der Waals surface area contributed by atoms with Gasteiger partial charge in [0.25, 0.3) is 5.91 Å². The molecule has 1 heterocycles. The van der Waals surface area contributed by atoms with Gasteiger partial charge in [-0.3, -0.25) is 9.59 Å². The van der Waals surface area contributed by atoms with Crippen molar-refractivity contribution in [3.05, 3.63) is 71.3 Å². The van der Waals surface area contributed by atoms with Gasteiger partial charge in [-0.25, -0.2) is 14.0 Å². The molecule has 4 atom stereocenters. The third kappa shape index (κ3) is 12.9. The zero-order valence-electron chi connectivity index (χ0n) is 29.9. The highest BCUT2D eigenvalue weighted by molar-refractivity contribution is 5.90. The van der Waals surface area contributed by atoms with E-state index in [0.717, 1.165) is 24.0 Å². The maximum Gasteiger partial charge on any atom is 0.347 e. The van der Waals surface area contributed by atoms with Crippen LogP contribution in [-0.2, 0) is 51.2 Å². The van der Waals surface area contributed by atoms with Crippen LogP contribution in [0, 0.1) is 5.92 Å². The second kappa shape index (κ2) is 18.8. The standard InChI is InChI=1S/C38H53FN2O8/c1-25(2)21-32(37(45)48-26(3)35(43)47-24-28-11-9-8-10-12-28)41(7)34(42)33(49-36(44)31(40-6)23-38(4,5)39)22-27-13-15-29(16-14-27)30-17-19-46-20-18-30/h8-16,25-26,30-33,40H,17-24H2,1-7H3/t26-,31+,32+,33-/m1/s1. The van der Waals surface area contributed by atoms with Crippen LogP contribution < -0.4 is 5.32 Å². The fraction of sp³-hybridized carbons (Fsp3) is 0.579. The molecule has 0 unspecified atom stereocenters. The van der Waals surface area contributed by atoms with E-state index in [1.54, 1.807) is 0 Å². The van der Waals surface area contributed by atoms with E-state index in [-0.39, 0.29) is 31.8 Å². The lowest BCUT2D eigenvalue weighted by molar-refractivity contribution is -0.174. The first kappa shape index (κ1) is 39.6. The minimum atomic E-state index is -1.67. The van der Waals surface area contributed by atoms with Crippen LogP contribution in [0.3, 0.4) is 0 Å². The van der Waals surface area contributed by atoms with Crippen molar-refractivity contribution < 1.29 is 42.5 Å². The van der Waals surface area contributed by atoms with Gasteiger partial charge in [0.1, 0.15) is 24.4 Å². The Morgan fingerprint density at radius 3 is 2.12 bits per heavy atom. The molecular formula is C38H53FN2O8. The third-order valence-corrected chi connectivity index (χ3v) is 8.58. The highest BCUT2D eigenvalue weighted by atomic mass is 19.1. The Labute approximate surface area is 290 Å². The lowest BCUT2D eigenvalue weighted by Gasteiger charge is -2.32. The largest absolute Gasteiger partial charge is 0.458 e. The molecule has 0 aliphatic carbocycles. The maximum atomic E-state index is 14.5. The van der Waals surface area contributed by atoms with Gasteiger partial charge in [-0.15, -0.1) is 0 Å². The first-order chi connectivity index (χ1) is 23.2.